The molecule has 7 rings (SSSR count). The zero-order valence-corrected chi connectivity index (χ0v) is 45.8. The lowest BCUT2D eigenvalue weighted by atomic mass is 9.45. The highest BCUT2D eigenvalue weighted by molar-refractivity contribution is 8.08. The number of benzene rings is 2. The van der Waals surface area contributed by atoms with Crippen LogP contribution in [0.3, 0.4) is 0 Å². The Balaban J connectivity index is 0.899. The van der Waals surface area contributed by atoms with Crippen molar-refractivity contribution >= 4 is 94.1 Å². The first-order valence-corrected chi connectivity index (χ1v) is 27.6. The van der Waals surface area contributed by atoms with E-state index < -0.39 is 131 Å². The molecule has 2 aromatic carbocycles. The number of thioether (sulfide) groups is 2. The molecule has 77 heavy (non-hydrogen) atoms. The molecule has 6 N–H and O–H groups in total. The number of fused-ring (bicyclic) bond motifs is 5. The predicted molar refractivity (Wildman–Crippen MR) is 283 cm³/mol. The smallest absolute Gasteiger partial charge is 0.306 e. The number of Topliss-reactive ketones (excluding diaryl/α,β-unsaturated/α-hetero) is 1. The average molecular weight is 1120 g/mol. The van der Waals surface area contributed by atoms with Gasteiger partial charge in [0.25, 0.3) is 11.8 Å². The van der Waals surface area contributed by atoms with Crippen molar-refractivity contribution in [1.29, 1.82) is 0 Å². The third-order valence-electron chi connectivity index (χ3n) is 15.8. The SMILES string of the molecule is CCC(=O)O[C@]1(C(=O)COCNC(=O)CNC(=O)[C@H](C)NC(=O)[C@H](CCC(=O)O)NC(=O)CCN2C(=O)C(Sc3ccccc3)=C(Sc3ccccc3)C2=O)[C@@H](C)CC2[C@@H]3CCC4=CC(=O)C=C[C@]4(C)[C@@]3(Cl)[C@@H](O)C[C@@]21C. The molecule has 1 aliphatic heterocycles. The quantitative estimate of drug-likeness (QED) is 0.0288. The van der Waals surface area contributed by atoms with Crippen molar-refractivity contribution in [1.82, 2.24) is 26.2 Å². The summed E-state index contributed by atoms with van der Waals surface area (Å²) in [5, 5.41) is 31.2. The van der Waals surface area contributed by atoms with E-state index >= 15 is 0 Å². The predicted octanol–water partition coefficient (Wildman–Crippen LogP) is 4.75. The monoisotopic (exact) mass is 1120 g/mol. The van der Waals surface area contributed by atoms with E-state index in [4.69, 9.17) is 21.1 Å². The van der Waals surface area contributed by atoms with E-state index in [1.807, 2.05) is 32.9 Å². The van der Waals surface area contributed by atoms with Crippen LogP contribution in [0.4, 0.5) is 0 Å². The average Bonchev–Trinajstić information content (AvgIpc) is 4.05. The Kier molecular flexibility index (Phi) is 18.4. The molecule has 4 aliphatic carbocycles. The highest BCUT2D eigenvalue weighted by Gasteiger charge is 2.76. The maximum Gasteiger partial charge on any atom is 0.306 e. The van der Waals surface area contributed by atoms with Gasteiger partial charge in [0.1, 0.15) is 25.4 Å². The van der Waals surface area contributed by atoms with E-state index in [0.29, 0.717) is 19.3 Å². The van der Waals surface area contributed by atoms with Crippen molar-refractivity contribution in [2.45, 2.75) is 124 Å². The van der Waals surface area contributed by atoms with Gasteiger partial charge >= 0.3 is 11.9 Å². The zero-order valence-electron chi connectivity index (χ0n) is 43.4. The van der Waals surface area contributed by atoms with Crippen LogP contribution in [0.2, 0.25) is 0 Å². The summed E-state index contributed by atoms with van der Waals surface area (Å²) in [6.07, 6.45) is 3.87. The number of carbonyl (C=O) groups excluding carboxylic acids is 9. The molecular formula is C55H64ClN5O14S2. The van der Waals surface area contributed by atoms with Gasteiger partial charge in [-0.05, 0) is 87.3 Å². The Morgan fingerprint density at radius 2 is 1.48 bits per heavy atom. The van der Waals surface area contributed by atoms with Gasteiger partial charge in [0, 0.05) is 52.3 Å². The number of ketones is 2. The summed E-state index contributed by atoms with van der Waals surface area (Å²) in [4.78, 5) is 133. The first-order chi connectivity index (χ1) is 36.5. The first-order valence-electron chi connectivity index (χ1n) is 25.6. The van der Waals surface area contributed by atoms with Crippen LogP contribution in [0.5, 0.6) is 0 Å². The molecule has 1 heterocycles. The number of imide groups is 1. The van der Waals surface area contributed by atoms with Crippen molar-refractivity contribution in [2.75, 3.05) is 26.4 Å². The maximum absolute atomic E-state index is 14.5. The Morgan fingerprint density at radius 1 is 0.857 bits per heavy atom. The fourth-order valence-electron chi connectivity index (χ4n) is 11.9. The van der Waals surface area contributed by atoms with Crippen LogP contribution in [0.15, 0.2) is 104 Å². The van der Waals surface area contributed by atoms with Gasteiger partial charge in [0.15, 0.2) is 11.4 Å². The number of hydrogen-bond acceptors (Lipinski definition) is 15. The van der Waals surface area contributed by atoms with E-state index in [0.717, 1.165) is 43.8 Å². The number of aliphatic hydroxyl groups excluding tert-OH is 1. The lowest BCUT2D eigenvalue weighted by Gasteiger charge is -2.64. The molecule has 0 aromatic heterocycles. The number of carbonyl (C=O) groups is 10. The molecule has 0 radical (unpaired) electrons. The summed E-state index contributed by atoms with van der Waals surface area (Å²) in [6.45, 7) is 6.49. The Hall–Kier alpha value is -6.13. The van der Waals surface area contributed by atoms with Crippen LogP contribution in [-0.4, -0.2) is 129 Å². The number of nitrogens with one attached hydrogen (secondary N) is 4. The second kappa shape index (κ2) is 24.3. The van der Waals surface area contributed by atoms with Gasteiger partial charge in [-0.3, -0.25) is 52.8 Å². The lowest BCUT2D eigenvalue weighted by Crippen LogP contribution is -2.69. The van der Waals surface area contributed by atoms with Gasteiger partial charge in [-0.25, -0.2) is 0 Å². The second-order valence-electron chi connectivity index (χ2n) is 20.5. The molecule has 6 amide bonds. The summed E-state index contributed by atoms with van der Waals surface area (Å²) in [5.74, 6) is -8.15. The van der Waals surface area contributed by atoms with Gasteiger partial charge in [-0.1, -0.05) is 99.3 Å². The summed E-state index contributed by atoms with van der Waals surface area (Å²) < 4.78 is 11.9. The lowest BCUT2D eigenvalue weighted by molar-refractivity contribution is -0.203. The number of carboxylic acids is 1. The van der Waals surface area contributed by atoms with Crippen molar-refractivity contribution in [3.63, 3.8) is 0 Å². The molecule has 0 bridgehead atoms. The zero-order chi connectivity index (χ0) is 56.0. The molecular weight excluding hydrogens is 1050 g/mol. The number of amides is 6. The van der Waals surface area contributed by atoms with Crippen molar-refractivity contribution in [3.05, 3.63) is 94.3 Å². The highest BCUT2D eigenvalue weighted by atomic mass is 35.5. The minimum atomic E-state index is -1.72. The standard InChI is InChI=1S/C55H64ClN5O14S2/c1-6-45(69)75-55(31(2)25-38-37-18-17-33-26-34(62)21-23-52(33,4)54(37,56)40(63)27-53(38,55)5)41(64)29-74-30-58-43(66)28-57-48(70)32(3)59-49(71)39(19-20-44(67)68)60-42(65)22-24-61-50(72)46(76-35-13-9-7-10-14-35)47(51(61)73)77-36-15-11-8-12-16-36/h7-16,21,23,26,31-32,37-40,63H,6,17-20,22,24-25,27-30H2,1-5H3,(H,57,70)(H,58,66)(H,59,71)(H,60,65)(H,67,68)/t31-,32-,37-,38?,39-,40-,52-,53-,54-,55-/m0/s1. The van der Waals surface area contributed by atoms with Gasteiger partial charge in [0.05, 0.1) is 27.3 Å². The minimum absolute atomic E-state index is 0.0121. The number of allylic oxidation sites excluding steroid dienone is 4. The number of aliphatic carboxylic acids is 1. The van der Waals surface area contributed by atoms with E-state index in [1.165, 1.54) is 13.0 Å². The van der Waals surface area contributed by atoms with Crippen LogP contribution in [0, 0.1) is 28.6 Å². The molecule has 2 aromatic rings. The van der Waals surface area contributed by atoms with Gasteiger partial charge < -0.3 is 41.0 Å². The molecule has 5 aliphatic rings. The Morgan fingerprint density at radius 3 is 2.08 bits per heavy atom. The fraction of sp³-hybridized carbons (Fsp3) is 0.491. The first kappa shape index (κ1) is 58.6. The van der Waals surface area contributed by atoms with Crippen molar-refractivity contribution in [3.8, 4) is 0 Å². The number of alkyl halides is 1. The molecule has 3 saturated carbocycles. The number of esters is 1. The third-order valence-corrected chi connectivity index (χ3v) is 19.0. The fourth-order valence-corrected chi connectivity index (χ4v) is 14.5. The molecule has 0 spiro atoms. The summed E-state index contributed by atoms with van der Waals surface area (Å²) >= 11 is 9.84. The van der Waals surface area contributed by atoms with E-state index in [-0.39, 0.29) is 53.2 Å². The maximum atomic E-state index is 14.5. The molecule has 3 fully saturated rings. The molecule has 19 nitrogen and oxygen atoms in total. The number of halogens is 1. The van der Waals surface area contributed by atoms with Gasteiger partial charge in [-0.15, -0.1) is 11.6 Å². The molecule has 412 valence electrons. The van der Waals surface area contributed by atoms with E-state index in [1.54, 1.807) is 67.6 Å². The van der Waals surface area contributed by atoms with Crippen LogP contribution in [0.25, 0.3) is 0 Å². The van der Waals surface area contributed by atoms with Crippen LogP contribution in [0.1, 0.15) is 86.0 Å². The number of nitrogens with zero attached hydrogens (tertiary/aromatic N) is 1. The summed E-state index contributed by atoms with van der Waals surface area (Å²) in [6, 6.07) is 15.2. The topological polar surface area (TPSA) is 281 Å². The van der Waals surface area contributed by atoms with E-state index in [9.17, 15) is 58.2 Å². The Bertz CT molecular complexity index is 2730. The molecule has 10 atom stereocenters. The van der Waals surface area contributed by atoms with Crippen LogP contribution in [-0.2, 0) is 57.4 Å². The number of carboxylic acid groups (broad SMARTS) is 1. The number of hydrogen-bond donors (Lipinski definition) is 6. The number of ether oxygens (including phenoxy) is 2. The second-order valence-corrected chi connectivity index (χ2v) is 23.3. The third kappa shape index (κ3) is 11.8. The molecule has 1 unspecified atom stereocenters. The Labute approximate surface area is 459 Å². The van der Waals surface area contributed by atoms with E-state index in [2.05, 4.69) is 21.3 Å². The highest BCUT2D eigenvalue weighted by Crippen LogP contribution is 2.72. The molecule has 22 heteroatoms. The minimum Gasteiger partial charge on any atom is -0.481 e. The van der Waals surface area contributed by atoms with Crippen LogP contribution < -0.4 is 21.3 Å². The van der Waals surface area contributed by atoms with Crippen LogP contribution >= 0.6 is 35.1 Å². The van der Waals surface area contributed by atoms with Gasteiger partial charge in [-0.2, -0.15) is 0 Å². The van der Waals surface area contributed by atoms with Crippen molar-refractivity contribution < 1.29 is 67.6 Å². The van der Waals surface area contributed by atoms with Crippen molar-refractivity contribution in [2.24, 2.45) is 28.6 Å². The normalized spacial score (nSPS) is 28.1. The number of aliphatic hydroxyl groups is 1. The largest absolute Gasteiger partial charge is 0.481 e. The van der Waals surface area contributed by atoms with Gasteiger partial charge in [0.2, 0.25) is 29.4 Å². The number of rotatable bonds is 23. The summed E-state index contributed by atoms with van der Waals surface area (Å²) in [7, 11) is 0. The summed E-state index contributed by atoms with van der Waals surface area (Å²) in [5.41, 5.74) is -2.80. The molecule has 0 saturated heterocycles.